The van der Waals surface area contributed by atoms with E-state index in [4.69, 9.17) is 5.73 Å². The number of carbonyl (C=O) groups excluding carboxylic acids is 2. The zero-order chi connectivity index (χ0) is 15.7. The summed E-state index contributed by atoms with van der Waals surface area (Å²) in [7, 11) is 0. The predicted molar refractivity (Wildman–Crippen MR) is 96.6 cm³/mol. The first kappa shape index (κ1) is 15.5. The van der Waals surface area contributed by atoms with E-state index in [0.29, 0.717) is 16.1 Å². The van der Waals surface area contributed by atoms with Crippen molar-refractivity contribution >= 4 is 50.7 Å². The van der Waals surface area contributed by atoms with Crippen LogP contribution in [0.2, 0.25) is 0 Å². The monoisotopic (exact) mass is 426 g/mol. The van der Waals surface area contributed by atoms with Crippen LogP contribution in [0.5, 0.6) is 0 Å². The van der Waals surface area contributed by atoms with Gasteiger partial charge in [0.15, 0.2) is 0 Å². The van der Waals surface area contributed by atoms with Gasteiger partial charge in [0.1, 0.15) is 5.00 Å². The van der Waals surface area contributed by atoms with Crippen LogP contribution < -0.4 is 11.1 Å². The molecule has 2 amide bonds. The number of nitrogens with two attached hydrogens (primary N) is 1. The minimum Gasteiger partial charge on any atom is -0.365 e. The molecule has 0 saturated carbocycles. The number of fused-ring (bicyclic) bond motifs is 1. The van der Waals surface area contributed by atoms with Gasteiger partial charge in [0.25, 0.3) is 11.8 Å². The van der Waals surface area contributed by atoms with Crippen molar-refractivity contribution in [2.45, 2.75) is 25.7 Å². The minimum atomic E-state index is -0.461. The summed E-state index contributed by atoms with van der Waals surface area (Å²) >= 11 is 3.65. The summed E-state index contributed by atoms with van der Waals surface area (Å²) < 4.78 is 0.992. The molecule has 1 aromatic carbocycles. The fourth-order valence-corrected chi connectivity index (χ4v) is 4.55. The molecule has 0 saturated heterocycles. The van der Waals surface area contributed by atoms with Crippen LogP contribution in [0.3, 0.4) is 0 Å². The van der Waals surface area contributed by atoms with Crippen LogP contribution in [-0.2, 0) is 12.8 Å². The number of carbonyl (C=O) groups is 2. The van der Waals surface area contributed by atoms with Gasteiger partial charge in [-0.3, -0.25) is 9.59 Å². The Bertz CT molecular complexity index is 755. The number of aryl methyl sites for hydroxylation is 1. The summed E-state index contributed by atoms with van der Waals surface area (Å²) in [5.74, 6) is -0.669. The molecular formula is C16H15IN2O2S. The average molecular weight is 426 g/mol. The van der Waals surface area contributed by atoms with Gasteiger partial charge >= 0.3 is 0 Å². The number of nitrogens with one attached hydrogen (secondary N) is 1. The Balaban J connectivity index is 1.93. The zero-order valence-corrected chi connectivity index (χ0v) is 14.8. The van der Waals surface area contributed by atoms with Gasteiger partial charge in [-0.25, -0.2) is 0 Å². The van der Waals surface area contributed by atoms with Gasteiger partial charge in [-0.1, -0.05) is 6.07 Å². The highest BCUT2D eigenvalue weighted by Gasteiger charge is 2.25. The zero-order valence-electron chi connectivity index (χ0n) is 11.8. The van der Waals surface area contributed by atoms with E-state index < -0.39 is 5.91 Å². The second-order valence-electron chi connectivity index (χ2n) is 5.24. The molecule has 4 nitrogen and oxygen atoms in total. The maximum atomic E-state index is 12.4. The quantitative estimate of drug-likeness (QED) is 0.737. The largest absolute Gasteiger partial charge is 0.365 e. The maximum Gasteiger partial charge on any atom is 0.256 e. The molecule has 1 aromatic heterocycles. The third kappa shape index (κ3) is 3.03. The van der Waals surface area contributed by atoms with Crippen molar-refractivity contribution in [3.63, 3.8) is 0 Å². The number of hydrogen-bond donors (Lipinski definition) is 2. The van der Waals surface area contributed by atoms with E-state index in [0.717, 1.165) is 34.8 Å². The third-order valence-electron chi connectivity index (χ3n) is 3.73. The van der Waals surface area contributed by atoms with Crippen molar-refractivity contribution in [2.75, 3.05) is 5.32 Å². The van der Waals surface area contributed by atoms with Crippen LogP contribution in [0.25, 0.3) is 0 Å². The molecule has 6 heteroatoms. The average Bonchev–Trinajstić information content (AvgIpc) is 2.85. The predicted octanol–water partition coefficient (Wildman–Crippen LogP) is 3.58. The van der Waals surface area contributed by atoms with Crippen molar-refractivity contribution in [3.05, 3.63) is 49.4 Å². The van der Waals surface area contributed by atoms with Crippen LogP contribution in [0, 0.1) is 3.57 Å². The molecule has 0 aliphatic heterocycles. The van der Waals surface area contributed by atoms with Crippen molar-refractivity contribution < 1.29 is 9.59 Å². The highest BCUT2D eigenvalue weighted by molar-refractivity contribution is 14.1. The number of rotatable bonds is 3. The molecule has 0 bridgehead atoms. The molecule has 22 heavy (non-hydrogen) atoms. The fourth-order valence-electron chi connectivity index (χ4n) is 2.72. The summed E-state index contributed by atoms with van der Waals surface area (Å²) in [6.45, 7) is 0. The molecule has 0 spiro atoms. The van der Waals surface area contributed by atoms with Gasteiger partial charge in [0.05, 0.1) is 5.56 Å². The summed E-state index contributed by atoms with van der Waals surface area (Å²) in [6.07, 6.45) is 4.01. The Labute approximate surface area is 146 Å². The smallest absolute Gasteiger partial charge is 0.256 e. The van der Waals surface area contributed by atoms with Crippen LogP contribution in [-0.4, -0.2) is 11.8 Å². The lowest BCUT2D eigenvalue weighted by molar-refractivity contribution is 0.100. The SMILES string of the molecule is NC(=O)c1c(NC(=O)c2cccc(I)c2)sc2c1CCCC2. The second kappa shape index (κ2) is 6.37. The van der Waals surface area contributed by atoms with Gasteiger partial charge < -0.3 is 11.1 Å². The van der Waals surface area contributed by atoms with E-state index in [1.807, 2.05) is 18.2 Å². The summed E-state index contributed by atoms with van der Waals surface area (Å²) in [5.41, 5.74) is 7.64. The molecular weight excluding hydrogens is 411 g/mol. The summed E-state index contributed by atoms with van der Waals surface area (Å²) in [6, 6.07) is 7.34. The highest BCUT2D eigenvalue weighted by Crippen LogP contribution is 2.38. The van der Waals surface area contributed by atoms with Crippen molar-refractivity contribution in [2.24, 2.45) is 5.73 Å². The number of halogens is 1. The van der Waals surface area contributed by atoms with Gasteiger partial charge in [0, 0.05) is 14.0 Å². The summed E-state index contributed by atoms with van der Waals surface area (Å²) in [4.78, 5) is 25.4. The van der Waals surface area contributed by atoms with E-state index >= 15 is 0 Å². The van der Waals surface area contributed by atoms with Crippen molar-refractivity contribution in [1.82, 2.24) is 0 Å². The number of anilines is 1. The molecule has 114 valence electrons. The van der Waals surface area contributed by atoms with Gasteiger partial charge in [-0.2, -0.15) is 0 Å². The van der Waals surface area contributed by atoms with E-state index in [9.17, 15) is 9.59 Å². The molecule has 1 heterocycles. The van der Waals surface area contributed by atoms with Crippen LogP contribution in [0.4, 0.5) is 5.00 Å². The van der Waals surface area contributed by atoms with Crippen molar-refractivity contribution in [3.8, 4) is 0 Å². The lowest BCUT2D eigenvalue weighted by Crippen LogP contribution is -2.18. The van der Waals surface area contributed by atoms with Crippen molar-refractivity contribution in [1.29, 1.82) is 0 Å². The Kier molecular flexibility index (Phi) is 4.49. The molecule has 0 atom stereocenters. The van der Waals surface area contributed by atoms with Crippen LogP contribution >= 0.6 is 33.9 Å². The Morgan fingerprint density at radius 2 is 2.00 bits per heavy atom. The third-order valence-corrected chi connectivity index (χ3v) is 5.61. The van der Waals surface area contributed by atoms with Crippen LogP contribution in [0.15, 0.2) is 24.3 Å². The molecule has 0 radical (unpaired) electrons. The second-order valence-corrected chi connectivity index (χ2v) is 7.59. The Morgan fingerprint density at radius 3 is 2.73 bits per heavy atom. The highest BCUT2D eigenvalue weighted by atomic mass is 127. The first-order chi connectivity index (χ1) is 10.6. The maximum absolute atomic E-state index is 12.4. The molecule has 0 unspecified atom stereocenters. The standard InChI is InChI=1S/C16H15IN2O2S/c17-10-5-3-4-9(8-10)15(21)19-16-13(14(18)20)11-6-1-2-7-12(11)22-16/h3-5,8H,1-2,6-7H2,(H2,18,20)(H,19,21). The lowest BCUT2D eigenvalue weighted by Gasteiger charge is -2.11. The van der Waals surface area contributed by atoms with Gasteiger partial charge in [0.2, 0.25) is 0 Å². The number of primary amides is 1. The normalized spacial score (nSPS) is 13.5. The molecule has 3 rings (SSSR count). The molecule has 1 aliphatic carbocycles. The topological polar surface area (TPSA) is 72.2 Å². The molecule has 0 fully saturated rings. The summed E-state index contributed by atoms with van der Waals surface area (Å²) in [5, 5.41) is 3.45. The van der Waals surface area contributed by atoms with E-state index in [2.05, 4.69) is 27.9 Å². The molecule has 2 aromatic rings. The number of amides is 2. The number of thiophene rings is 1. The van der Waals surface area contributed by atoms with Gasteiger partial charge in [-0.05, 0) is 72.0 Å². The fraction of sp³-hybridized carbons (Fsp3) is 0.250. The first-order valence-electron chi connectivity index (χ1n) is 7.07. The Morgan fingerprint density at radius 1 is 1.23 bits per heavy atom. The number of hydrogen-bond acceptors (Lipinski definition) is 3. The molecule has 3 N–H and O–H groups in total. The lowest BCUT2D eigenvalue weighted by atomic mass is 9.95. The van der Waals surface area contributed by atoms with E-state index in [1.165, 1.54) is 16.2 Å². The Hall–Kier alpha value is -1.41. The molecule has 1 aliphatic rings. The van der Waals surface area contributed by atoms with E-state index in [1.54, 1.807) is 6.07 Å². The minimum absolute atomic E-state index is 0.209. The van der Waals surface area contributed by atoms with Crippen LogP contribution in [0.1, 0.15) is 44.0 Å². The van der Waals surface area contributed by atoms with Gasteiger partial charge in [-0.15, -0.1) is 11.3 Å². The number of benzene rings is 1. The first-order valence-corrected chi connectivity index (χ1v) is 8.97. The van der Waals surface area contributed by atoms with E-state index in [-0.39, 0.29) is 5.91 Å².